The molecule has 66 valence electrons. The molecule has 0 heterocycles. The first-order valence-electron chi connectivity index (χ1n) is 4.89. The van der Waals surface area contributed by atoms with E-state index in [4.69, 9.17) is 11.6 Å². The summed E-state index contributed by atoms with van der Waals surface area (Å²) in [6, 6.07) is 0. The average molecular weight is 175 g/mol. The monoisotopic (exact) mass is 174 g/mol. The van der Waals surface area contributed by atoms with Gasteiger partial charge in [-0.3, -0.25) is 0 Å². The molecule has 3 unspecified atom stereocenters. The van der Waals surface area contributed by atoms with Crippen molar-refractivity contribution in [2.75, 3.05) is 0 Å². The minimum atomic E-state index is 0.435. The van der Waals surface area contributed by atoms with Gasteiger partial charge in [0, 0.05) is 5.38 Å². The Morgan fingerprint density at radius 2 is 2.00 bits per heavy atom. The SMILES string of the molecule is CCC(Cl)C1CCCCC1C. The van der Waals surface area contributed by atoms with Crippen LogP contribution >= 0.6 is 11.6 Å². The van der Waals surface area contributed by atoms with Gasteiger partial charge in [0.1, 0.15) is 0 Å². The molecule has 0 saturated heterocycles. The van der Waals surface area contributed by atoms with Crippen molar-refractivity contribution in [2.24, 2.45) is 11.8 Å². The van der Waals surface area contributed by atoms with Crippen molar-refractivity contribution >= 4 is 11.6 Å². The number of hydrogen-bond acceptors (Lipinski definition) is 0. The van der Waals surface area contributed by atoms with Gasteiger partial charge in [-0.25, -0.2) is 0 Å². The summed E-state index contributed by atoms with van der Waals surface area (Å²) in [4.78, 5) is 0. The maximum Gasteiger partial charge on any atom is 0.0364 e. The van der Waals surface area contributed by atoms with Crippen LogP contribution in [-0.2, 0) is 0 Å². The van der Waals surface area contributed by atoms with Gasteiger partial charge in [-0.15, -0.1) is 11.6 Å². The van der Waals surface area contributed by atoms with E-state index < -0.39 is 0 Å². The van der Waals surface area contributed by atoms with Crippen molar-refractivity contribution in [3.8, 4) is 0 Å². The number of halogens is 1. The summed E-state index contributed by atoms with van der Waals surface area (Å²) in [5.41, 5.74) is 0. The van der Waals surface area contributed by atoms with Crippen LogP contribution in [0.4, 0.5) is 0 Å². The van der Waals surface area contributed by atoms with E-state index in [9.17, 15) is 0 Å². The Morgan fingerprint density at radius 3 is 2.55 bits per heavy atom. The summed E-state index contributed by atoms with van der Waals surface area (Å²) >= 11 is 6.24. The Morgan fingerprint density at radius 1 is 1.36 bits per heavy atom. The van der Waals surface area contributed by atoms with Gasteiger partial charge in [-0.2, -0.15) is 0 Å². The molecule has 1 rings (SSSR count). The standard InChI is InChI=1S/C10H19Cl/c1-3-10(11)9-7-5-4-6-8(9)2/h8-10H,3-7H2,1-2H3. The van der Waals surface area contributed by atoms with Crippen LogP contribution in [0.25, 0.3) is 0 Å². The highest BCUT2D eigenvalue weighted by atomic mass is 35.5. The Labute approximate surface area is 75.3 Å². The molecule has 0 amide bonds. The van der Waals surface area contributed by atoms with E-state index in [0.717, 1.165) is 18.3 Å². The van der Waals surface area contributed by atoms with Crippen molar-refractivity contribution in [3.05, 3.63) is 0 Å². The van der Waals surface area contributed by atoms with E-state index in [1.807, 2.05) is 0 Å². The van der Waals surface area contributed by atoms with Crippen LogP contribution in [-0.4, -0.2) is 5.38 Å². The second-order valence-corrected chi connectivity index (χ2v) is 4.41. The van der Waals surface area contributed by atoms with E-state index in [1.54, 1.807) is 0 Å². The van der Waals surface area contributed by atoms with Gasteiger partial charge in [-0.1, -0.05) is 33.1 Å². The molecule has 0 bridgehead atoms. The lowest BCUT2D eigenvalue weighted by Crippen LogP contribution is -2.25. The smallest absolute Gasteiger partial charge is 0.0364 e. The van der Waals surface area contributed by atoms with Crippen molar-refractivity contribution in [1.82, 2.24) is 0 Å². The van der Waals surface area contributed by atoms with E-state index >= 15 is 0 Å². The van der Waals surface area contributed by atoms with Gasteiger partial charge in [0.25, 0.3) is 0 Å². The molecule has 0 radical (unpaired) electrons. The van der Waals surface area contributed by atoms with Gasteiger partial charge in [-0.05, 0) is 24.7 Å². The first-order chi connectivity index (χ1) is 5.25. The van der Waals surface area contributed by atoms with Crippen LogP contribution in [0, 0.1) is 11.8 Å². The molecule has 1 fully saturated rings. The van der Waals surface area contributed by atoms with Gasteiger partial charge < -0.3 is 0 Å². The molecule has 0 aliphatic heterocycles. The second kappa shape index (κ2) is 4.35. The third kappa shape index (κ3) is 2.37. The lowest BCUT2D eigenvalue weighted by Gasteiger charge is -2.31. The largest absolute Gasteiger partial charge is 0.123 e. The fraction of sp³-hybridized carbons (Fsp3) is 1.00. The minimum Gasteiger partial charge on any atom is -0.123 e. The molecule has 0 aromatic carbocycles. The molecular formula is C10H19Cl. The topological polar surface area (TPSA) is 0 Å². The van der Waals surface area contributed by atoms with Crippen LogP contribution in [0.15, 0.2) is 0 Å². The lowest BCUT2D eigenvalue weighted by molar-refractivity contribution is 0.245. The molecule has 1 aliphatic carbocycles. The fourth-order valence-electron chi connectivity index (χ4n) is 2.19. The summed E-state index contributed by atoms with van der Waals surface area (Å²) < 4.78 is 0. The van der Waals surface area contributed by atoms with Crippen LogP contribution < -0.4 is 0 Å². The normalized spacial score (nSPS) is 35.2. The summed E-state index contributed by atoms with van der Waals surface area (Å²) in [5, 5.41) is 0.435. The van der Waals surface area contributed by atoms with E-state index in [2.05, 4.69) is 13.8 Å². The Bertz CT molecular complexity index is 107. The molecule has 0 N–H and O–H groups in total. The highest BCUT2D eigenvalue weighted by Crippen LogP contribution is 2.35. The molecule has 11 heavy (non-hydrogen) atoms. The minimum absolute atomic E-state index is 0.435. The Kier molecular flexibility index (Phi) is 3.71. The molecule has 1 aliphatic rings. The Balaban J connectivity index is 2.40. The highest BCUT2D eigenvalue weighted by molar-refractivity contribution is 6.20. The number of rotatable bonds is 2. The van der Waals surface area contributed by atoms with Gasteiger partial charge in [0.2, 0.25) is 0 Å². The first kappa shape index (κ1) is 9.38. The van der Waals surface area contributed by atoms with Crippen molar-refractivity contribution in [3.63, 3.8) is 0 Å². The van der Waals surface area contributed by atoms with Gasteiger partial charge in [0.05, 0.1) is 0 Å². The zero-order chi connectivity index (χ0) is 8.27. The fourth-order valence-corrected chi connectivity index (χ4v) is 2.56. The average Bonchev–Trinajstić information content (AvgIpc) is 2.04. The van der Waals surface area contributed by atoms with Crippen LogP contribution in [0.5, 0.6) is 0 Å². The van der Waals surface area contributed by atoms with Crippen LogP contribution in [0.3, 0.4) is 0 Å². The molecule has 0 aromatic rings. The quantitative estimate of drug-likeness (QED) is 0.559. The molecule has 3 atom stereocenters. The number of hydrogen-bond donors (Lipinski definition) is 0. The van der Waals surface area contributed by atoms with Crippen LogP contribution in [0.2, 0.25) is 0 Å². The predicted molar refractivity (Wildman–Crippen MR) is 51.1 cm³/mol. The van der Waals surface area contributed by atoms with Crippen molar-refractivity contribution < 1.29 is 0 Å². The summed E-state index contributed by atoms with van der Waals surface area (Å²) in [5.74, 6) is 1.67. The van der Waals surface area contributed by atoms with E-state index in [1.165, 1.54) is 25.7 Å². The lowest BCUT2D eigenvalue weighted by atomic mass is 9.78. The van der Waals surface area contributed by atoms with Crippen LogP contribution in [0.1, 0.15) is 46.0 Å². The molecule has 0 aromatic heterocycles. The van der Waals surface area contributed by atoms with Crippen molar-refractivity contribution in [2.45, 2.75) is 51.3 Å². The Hall–Kier alpha value is 0.290. The molecule has 1 heteroatoms. The zero-order valence-corrected chi connectivity index (χ0v) is 8.40. The van der Waals surface area contributed by atoms with E-state index in [0.29, 0.717) is 5.38 Å². The van der Waals surface area contributed by atoms with Crippen molar-refractivity contribution in [1.29, 1.82) is 0 Å². The zero-order valence-electron chi connectivity index (χ0n) is 7.65. The molecule has 0 spiro atoms. The van der Waals surface area contributed by atoms with E-state index in [-0.39, 0.29) is 0 Å². The first-order valence-corrected chi connectivity index (χ1v) is 5.33. The third-order valence-electron chi connectivity index (χ3n) is 3.03. The maximum absolute atomic E-state index is 6.24. The highest BCUT2D eigenvalue weighted by Gasteiger charge is 2.26. The number of alkyl halides is 1. The molecule has 0 nitrogen and oxygen atoms in total. The third-order valence-corrected chi connectivity index (χ3v) is 3.66. The second-order valence-electron chi connectivity index (χ2n) is 3.85. The maximum atomic E-state index is 6.24. The summed E-state index contributed by atoms with van der Waals surface area (Å²) in [6.07, 6.45) is 6.72. The molecular weight excluding hydrogens is 156 g/mol. The van der Waals surface area contributed by atoms with Gasteiger partial charge >= 0.3 is 0 Å². The van der Waals surface area contributed by atoms with Gasteiger partial charge in [0.15, 0.2) is 0 Å². The molecule has 1 saturated carbocycles. The summed E-state index contributed by atoms with van der Waals surface area (Å²) in [7, 11) is 0. The predicted octanol–water partition coefficient (Wildman–Crippen LogP) is 3.83. The summed E-state index contributed by atoms with van der Waals surface area (Å²) in [6.45, 7) is 4.55.